The van der Waals surface area contributed by atoms with Crippen molar-refractivity contribution in [2.45, 2.75) is 47.1 Å². The van der Waals surface area contributed by atoms with Gasteiger partial charge in [0.2, 0.25) is 0 Å². The molecule has 2 amide bonds. The molecule has 0 N–H and O–H groups in total. The highest BCUT2D eigenvalue weighted by Gasteiger charge is 2.37. The largest absolute Gasteiger partial charge is 0.303 e. The number of pyridine rings is 1. The van der Waals surface area contributed by atoms with Crippen LogP contribution in [0.4, 0.5) is 4.79 Å². The molecule has 1 atom stereocenters. The molecule has 0 spiro atoms. The molecule has 1 fully saturated rings. The fraction of sp³-hybridized carbons (Fsp3) is 0.350. The fourth-order valence-corrected chi connectivity index (χ4v) is 4.03. The van der Waals surface area contributed by atoms with E-state index < -0.39 is 0 Å². The zero-order chi connectivity index (χ0) is 19.0. The van der Waals surface area contributed by atoms with Crippen molar-refractivity contribution in [3.05, 3.63) is 51.8 Å². The standard InChI is InChI=1S/C20H23N3O2S/c1-6-13(3)23-19(24)17(26-20(23)25)11-16-10-14(4)22(15(16)5)18-9-12(2)7-8-21-18/h7-11,13H,6H2,1-5H3/b17-11+/t13-/m1/s1. The van der Waals surface area contributed by atoms with E-state index in [9.17, 15) is 9.59 Å². The number of rotatable bonds is 4. The van der Waals surface area contributed by atoms with Crippen LogP contribution in [0.2, 0.25) is 0 Å². The number of hydrogen-bond donors (Lipinski definition) is 0. The monoisotopic (exact) mass is 369 g/mol. The summed E-state index contributed by atoms with van der Waals surface area (Å²) in [5, 5.41) is -0.190. The molecule has 2 aromatic rings. The molecule has 0 unspecified atom stereocenters. The maximum Gasteiger partial charge on any atom is 0.293 e. The summed E-state index contributed by atoms with van der Waals surface area (Å²) in [6.45, 7) is 9.92. The van der Waals surface area contributed by atoms with E-state index in [2.05, 4.69) is 9.55 Å². The van der Waals surface area contributed by atoms with E-state index in [1.807, 2.05) is 58.9 Å². The molecule has 3 heterocycles. The lowest BCUT2D eigenvalue weighted by Gasteiger charge is -2.19. The van der Waals surface area contributed by atoms with Gasteiger partial charge in [0, 0.05) is 23.6 Å². The van der Waals surface area contributed by atoms with E-state index in [1.54, 1.807) is 6.20 Å². The van der Waals surface area contributed by atoms with Crippen molar-refractivity contribution < 1.29 is 9.59 Å². The second-order valence-electron chi connectivity index (χ2n) is 6.66. The average Bonchev–Trinajstić information content (AvgIpc) is 3.03. The molecule has 5 nitrogen and oxygen atoms in total. The van der Waals surface area contributed by atoms with Gasteiger partial charge in [-0.2, -0.15) is 0 Å². The highest BCUT2D eigenvalue weighted by atomic mass is 32.2. The van der Waals surface area contributed by atoms with Crippen LogP contribution in [-0.2, 0) is 4.79 Å². The summed E-state index contributed by atoms with van der Waals surface area (Å²) in [4.78, 5) is 31.1. The van der Waals surface area contributed by atoms with Gasteiger partial charge in [-0.25, -0.2) is 4.98 Å². The van der Waals surface area contributed by atoms with Crippen LogP contribution < -0.4 is 0 Å². The number of thioether (sulfide) groups is 1. The lowest BCUT2D eigenvalue weighted by Crippen LogP contribution is -2.36. The molecule has 0 saturated carbocycles. The first-order chi connectivity index (χ1) is 12.3. The van der Waals surface area contributed by atoms with Crippen molar-refractivity contribution in [2.24, 2.45) is 0 Å². The van der Waals surface area contributed by atoms with Gasteiger partial charge >= 0.3 is 0 Å². The number of aryl methyl sites for hydroxylation is 2. The maximum atomic E-state index is 12.6. The molecular weight excluding hydrogens is 346 g/mol. The van der Waals surface area contributed by atoms with Gasteiger partial charge in [0.25, 0.3) is 11.1 Å². The number of carbonyl (C=O) groups excluding carboxylic acids is 2. The molecule has 0 aromatic carbocycles. The van der Waals surface area contributed by atoms with Gasteiger partial charge in [-0.1, -0.05) is 6.92 Å². The highest BCUT2D eigenvalue weighted by molar-refractivity contribution is 8.18. The van der Waals surface area contributed by atoms with E-state index in [-0.39, 0.29) is 17.2 Å². The normalized spacial score (nSPS) is 17.4. The zero-order valence-corrected chi connectivity index (χ0v) is 16.6. The first-order valence-electron chi connectivity index (χ1n) is 8.72. The third-order valence-corrected chi connectivity index (χ3v) is 5.63. The molecule has 0 aliphatic carbocycles. The van der Waals surface area contributed by atoms with Gasteiger partial charge in [0.1, 0.15) is 5.82 Å². The molecule has 1 aliphatic rings. The van der Waals surface area contributed by atoms with Gasteiger partial charge < -0.3 is 4.57 Å². The summed E-state index contributed by atoms with van der Waals surface area (Å²) >= 11 is 1.02. The minimum atomic E-state index is -0.201. The van der Waals surface area contributed by atoms with Gasteiger partial charge in [0.15, 0.2) is 0 Å². The molecule has 26 heavy (non-hydrogen) atoms. The molecule has 136 valence electrons. The summed E-state index contributed by atoms with van der Waals surface area (Å²) in [7, 11) is 0. The van der Waals surface area contributed by atoms with Crippen LogP contribution in [0, 0.1) is 20.8 Å². The van der Waals surface area contributed by atoms with Gasteiger partial charge in [-0.05, 0) is 81.3 Å². The highest BCUT2D eigenvalue weighted by Crippen LogP contribution is 2.35. The minimum Gasteiger partial charge on any atom is -0.303 e. The molecule has 6 heteroatoms. The van der Waals surface area contributed by atoms with Crippen LogP contribution in [0.5, 0.6) is 0 Å². The summed E-state index contributed by atoms with van der Waals surface area (Å²) in [5.74, 6) is 0.653. The van der Waals surface area contributed by atoms with E-state index in [1.165, 1.54) is 4.90 Å². The second-order valence-corrected chi connectivity index (χ2v) is 7.66. The molecule has 1 aliphatic heterocycles. The topological polar surface area (TPSA) is 55.2 Å². The second kappa shape index (κ2) is 7.11. The molecule has 0 bridgehead atoms. The number of carbonyl (C=O) groups is 2. The number of imide groups is 1. The first-order valence-corrected chi connectivity index (χ1v) is 9.54. The van der Waals surface area contributed by atoms with E-state index in [0.29, 0.717) is 4.91 Å². The summed E-state index contributed by atoms with van der Waals surface area (Å²) < 4.78 is 2.07. The molecule has 0 radical (unpaired) electrons. The number of nitrogens with zero attached hydrogens (tertiary/aromatic N) is 3. The Kier molecular flexibility index (Phi) is 5.05. The Morgan fingerprint density at radius 1 is 1.23 bits per heavy atom. The first kappa shape index (κ1) is 18.5. The van der Waals surface area contributed by atoms with Crippen LogP contribution in [0.25, 0.3) is 11.9 Å². The molecule has 2 aromatic heterocycles. The quantitative estimate of drug-likeness (QED) is 0.737. The molecule has 1 saturated heterocycles. The molecular formula is C20H23N3O2S. The summed E-state index contributed by atoms with van der Waals surface area (Å²) in [6, 6.07) is 5.93. The van der Waals surface area contributed by atoms with Crippen molar-refractivity contribution in [2.75, 3.05) is 0 Å². The smallest absolute Gasteiger partial charge is 0.293 e. The Bertz CT molecular complexity index is 914. The van der Waals surface area contributed by atoms with Crippen molar-refractivity contribution in [1.82, 2.24) is 14.5 Å². The van der Waals surface area contributed by atoms with Gasteiger partial charge in [-0.15, -0.1) is 0 Å². The predicted octanol–water partition coefficient (Wildman–Crippen LogP) is 4.63. The zero-order valence-electron chi connectivity index (χ0n) is 15.7. The number of aromatic nitrogens is 2. The fourth-order valence-electron chi connectivity index (χ4n) is 3.11. The Morgan fingerprint density at radius 2 is 1.96 bits per heavy atom. The lowest BCUT2D eigenvalue weighted by atomic mass is 10.2. The van der Waals surface area contributed by atoms with Crippen LogP contribution in [-0.4, -0.2) is 31.6 Å². The Morgan fingerprint density at radius 3 is 2.62 bits per heavy atom. The van der Waals surface area contributed by atoms with Crippen LogP contribution in [0.15, 0.2) is 29.3 Å². The van der Waals surface area contributed by atoms with Crippen molar-refractivity contribution in [3.63, 3.8) is 0 Å². The third-order valence-electron chi connectivity index (χ3n) is 4.74. The van der Waals surface area contributed by atoms with Crippen molar-refractivity contribution in [1.29, 1.82) is 0 Å². The summed E-state index contributed by atoms with van der Waals surface area (Å²) in [6.07, 6.45) is 4.36. The van der Waals surface area contributed by atoms with Crippen LogP contribution in [0.3, 0.4) is 0 Å². The Labute approximate surface area is 158 Å². The van der Waals surface area contributed by atoms with E-state index in [4.69, 9.17) is 0 Å². The predicted molar refractivity (Wildman–Crippen MR) is 105 cm³/mol. The van der Waals surface area contributed by atoms with Gasteiger partial charge in [0.05, 0.1) is 4.91 Å². The Balaban J connectivity index is 1.99. The molecule has 3 rings (SSSR count). The average molecular weight is 369 g/mol. The van der Waals surface area contributed by atoms with E-state index in [0.717, 1.165) is 46.5 Å². The number of hydrogen-bond acceptors (Lipinski definition) is 4. The lowest BCUT2D eigenvalue weighted by molar-refractivity contribution is -0.124. The maximum absolute atomic E-state index is 12.6. The SMILES string of the molecule is CC[C@@H](C)N1C(=O)S/C(=C/c2cc(C)n(-c3cc(C)ccn3)c2C)C1=O. The Hall–Kier alpha value is -2.34. The van der Waals surface area contributed by atoms with Crippen LogP contribution >= 0.6 is 11.8 Å². The summed E-state index contributed by atoms with van der Waals surface area (Å²) in [5.41, 5.74) is 4.10. The van der Waals surface area contributed by atoms with E-state index >= 15 is 0 Å². The minimum absolute atomic E-state index is 0.0858. The third kappa shape index (κ3) is 3.21. The van der Waals surface area contributed by atoms with Crippen molar-refractivity contribution in [3.8, 4) is 5.82 Å². The van der Waals surface area contributed by atoms with Crippen molar-refractivity contribution >= 4 is 29.0 Å². The van der Waals surface area contributed by atoms with Crippen LogP contribution in [0.1, 0.15) is 42.8 Å². The van der Waals surface area contributed by atoms with Gasteiger partial charge in [-0.3, -0.25) is 14.5 Å². The number of amides is 2.